The summed E-state index contributed by atoms with van der Waals surface area (Å²) < 4.78 is 0. The molecule has 3 fully saturated rings. The van der Waals surface area contributed by atoms with Crippen LogP contribution in [0.3, 0.4) is 0 Å². The zero-order chi connectivity index (χ0) is 9.19. The Morgan fingerprint density at radius 3 is 0.308 bits per heavy atom. The second-order valence-electron chi connectivity index (χ2n) is 4.60. The minimum atomic E-state index is 1.50. The average Bonchev–Trinajstić information content (AvgIpc) is 2.90. The van der Waals surface area contributed by atoms with Crippen LogP contribution in [0.2, 0.25) is 0 Å². The van der Waals surface area contributed by atoms with Gasteiger partial charge in [0, 0.05) is 0 Å². The number of rotatable bonds is 0. The van der Waals surface area contributed by atoms with E-state index < -0.39 is 0 Å². The van der Waals surface area contributed by atoms with Gasteiger partial charge < -0.3 is 0 Å². The highest BCUT2D eigenvalue weighted by atomic mass is 14.0. The summed E-state index contributed by atoms with van der Waals surface area (Å²) >= 11 is 0. The van der Waals surface area contributed by atoms with Crippen molar-refractivity contribution in [3.8, 4) is 0 Å². The van der Waals surface area contributed by atoms with E-state index in [2.05, 4.69) is 0 Å². The highest BCUT2D eigenvalue weighted by molar-refractivity contribution is 4.51. The highest BCUT2D eigenvalue weighted by Crippen LogP contribution is 2.15. The minimum absolute atomic E-state index is 1.50. The van der Waals surface area contributed by atoms with E-state index in [1.165, 1.54) is 83.5 Å². The molecule has 0 aromatic rings. The van der Waals surface area contributed by atoms with E-state index >= 15 is 0 Å². The molecule has 78 valence electrons. The van der Waals surface area contributed by atoms with Crippen molar-refractivity contribution in [1.82, 2.24) is 0 Å². The van der Waals surface area contributed by atoms with Crippen molar-refractivity contribution < 1.29 is 0 Å². The molecule has 0 saturated heterocycles. The molecule has 0 N–H and O–H groups in total. The fourth-order valence-electron chi connectivity index (χ4n) is 1.31. The number of hydrogen-bond acceptors (Lipinski definition) is 0. The maximum absolute atomic E-state index is 1.50. The third kappa shape index (κ3) is 9.92. The van der Waals surface area contributed by atoms with Gasteiger partial charge in [0.05, 0.1) is 0 Å². The lowest BCUT2D eigenvalue weighted by atomic mass is 10.0. The zero-order valence-electron chi connectivity index (χ0n) is 9.19. The van der Waals surface area contributed by atoms with Crippen LogP contribution in [0, 0.1) is 0 Å². The van der Waals surface area contributed by atoms with E-state index in [1.807, 2.05) is 0 Å². The molecule has 0 unspecified atom stereocenters. The van der Waals surface area contributed by atoms with Gasteiger partial charge in [0.25, 0.3) is 0 Å². The summed E-state index contributed by atoms with van der Waals surface area (Å²) in [4.78, 5) is 0. The highest BCUT2D eigenvalue weighted by Gasteiger charge is 1.96. The summed E-state index contributed by atoms with van der Waals surface area (Å²) in [6, 6.07) is 0. The van der Waals surface area contributed by atoms with Crippen LogP contribution >= 0.6 is 0 Å². The van der Waals surface area contributed by atoms with Crippen molar-refractivity contribution in [3.05, 3.63) is 0 Å². The van der Waals surface area contributed by atoms with Crippen molar-refractivity contribution >= 4 is 0 Å². The van der Waals surface area contributed by atoms with Gasteiger partial charge in [-0.05, 0) is 0 Å². The Morgan fingerprint density at radius 1 is 0.154 bits per heavy atom. The SMILES string of the molecule is C1CC1.C1CCC1.C1CCCCC1. The average molecular weight is 182 g/mol. The molecular formula is C13H26. The first-order chi connectivity index (χ1) is 6.50. The first-order valence-corrected chi connectivity index (χ1v) is 6.50. The summed E-state index contributed by atoms with van der Waals surface area (Å²) in [6.07, 6.45) is 19.5. The van der Waals surface area contributed by atoms with Crippen LogP contribution in [0.5, 0.6) is 0 Å². The summed E-state index contributed by atoms with van der Waals surface area (Å²) in [5.41, 5.74) is 0. The van der Waals surface area contributed by atoms with Crippen LogP contribution in [0.1, 0.15) is 83.5 Å². The van der Waals surface area contributed by atoms with Crippen LogP contribution in [0.15, 0.2) is 0 Å². The molecule has 0 heteroatoms. The summed E-state index contributed by atoms with van der Waals surface area (Å²) in [5.74, 6) is 0. The van der Waals surface area contributed by atoms with Gasteiger partial charge in [-0.2, -0.15) is 0 Å². The van der Waals surface area contributed by atoms with Gasteiger partial charge >= 0.3 is 0 Å². The second kappa shape index (κ2) is 8.59. The van der Waals surface area contributed by atoms with Gasteiger partial charge in [-0.3, -0.25) is 0 Å². The predicted molar refractivity (Wildman–Crippen MR) is 60.0 cm³/mol. The molecule has 0 radical (unpaired) electrons. The Kier molecular flexibility index (Phi) is 7.32. The first-order valence-electron chi connectivity index (χ1n) is 6.50. The Balaban J connectivity index is 0.000000104. The zero-order valence-corrected chi connectivity index (χ0v) is 9.19. The standard InChI is InChI=1S/C6H12.C4H8.C3H6/c1-2-4-6-5-3-1;1-2-4-3-1;1-2-3-1/h1-6H2;1-4H2;1-3H2. The molecule has 0 amide bonds. The minimum Gasteiger partial charge on any atom is -0.0533 e. The van der Waals surface area contributed by atoms with E-state index in [4.69, 9.17) is 0 Å². The fraction of sp³-hybridized carbons (Fsp3) is 1.00. The van der Waals surface area contributed by atoms with Crippen LogP contribution in [0.4, 0.5) is 0 Å². The lowest BCUT2D eigenvalue weighted by Gasteiger charge is -2.05. The Hall–Kier alpha value is 0. The molecule has 0 spiro atoms. The van der Waals surface area contributed by atoms with Gasteiger partial charge in [0.1, 0.15) is 0 Å². The fourth-order valence-corrected chi connectivity index (χ4v) is 1.31. The van der Waals surface area contributed by atoms with Gasteiger partial charge in [-0.25, -0.2) is 0 Å². The normalized spacial score (nSPS) is 24.0. The van der Waals surface area contributed by atoms with Crippen LogP contribution in [0.25, 0.3) is 0 Å². The maximum Gasteiger partial charge on any atom is -0.0533 e. The molecule has 0 atom stereocenters. The maximum atomic E-state index is 1.50. The van der Waals surface area contributed by atoms with Crippen molar-refractivity contribution in [2.45, 2.75) is 83.5 Å². The monoisotopic (exact) mass is 182 g/mol. The largest absolute Gasteiger partial charge is 0.0533 e. The third-order valence-corrected chi connectivity index (χ3v) is 2.85. The van der Waals surface area contributed by atoms with Crippen molar-refractivity contribution in [2.75, 3.05) is 0 Å². The van der Waals surface area contributed by atoms with Crippen LogP contribution in [-0.2, 0) is 0 Å². The lowest BCUT2D eigenvalue weighted by molar-refractivity contribution is 0.504. The smallest absolute Gasteiger partial charge is 0.0533 e. The van der Waals surface area contributed by atoms with Gasteiger partial charge in [0.15, 0.2) is 0 Å². The Bertz CT molecular complexity index is 67.9. The van der Waals surface area contributed by atoms with E-state index in [1.54, 1.807) is 0 Å². The van der Waals surface area contributed by atoms with E-state index in [9.17, 15) is 0 Å². The van der Waals surface area contributed by atoms with Gasteiger partial charge in [-0.1, -0.05) is 83.5 Å². The number of hydrogen-bond donors (Lipinski definition) is 0. The molecule has 0 nitrogen and oxygen atoms in total. The molecule has 3 saturated carbocycles. The molecule has 0 aliphatic heterocycles. The van der Waals surface area contributed by atoms with E-state index in [0.29, 0.717) is 0 Å². The first kappa shape index (κ1) is 11.1. The molecular weight excluding hydrogens is 156 g/mol. The Labute approximate surface area is 84.1 Å². The molecule has 0 aromatic carbocycles. The summed E-state index contributed by atoms with van der Waals surface area (Å²) in [5, 5.41) is 0. The molecule has 0 aromatic heterocycles. The molecule has 0 heterocycles. The molecule has 0 bridgehead atoms. The summed E-state index contributed by atoms with van der Waals surface area (Å²) in [7, 11) is 0. The van der Waals surface area contributed by atoms with E-state index in [0.717, 1.165) is 0 Å². The molecule has 13 heavy (non-hydrogen) atoms. The Morgan fingerprint density at radius 2 is 0.231 bits per heavy atom. The third-order valence-electron chi connectivity index (χ3n) is 2.85. The van der Waals surface area contributed by atoms with Gasteiger partial charge in [0.2, 0.25) is 0 Å². The van der Waals surface area contributed by atoms with Crippen LogP contribution in [-0.4, -0.2) is 0 Å². The summed E-state index contributed by atoms with van der Waals surface area (Å²) in [6.45, 7) is 0. The lowest BCUT2D eigenvalue weighted by Crippen LogP contribution is -1.85. The molecule has 3 rings (SSSR count). The van der Waals surface area contributed by atoms with Crippen molar-refractivity contribution in [2.24, 2.45) is 0 Å². The molecule has 3 aliphatic carbocycles. The topological polar surface area (TPSA) is 0 Å². The quantitative estimate of drug-likeness (QED) is 0.490. The second-order valence-corrected chi connectivity index (χ2v) is 4.60. The van der Waals surface area contributed by atoms with Gasteiger partial charge in [-0.15, -0.1) is 0 Å². The van der Waals surface area contributed by atoms with Crippen molar-refractivity contribution in [3.63, 3.8) is 0 Å². The van der Waals surface area contributed by atoms with E-state index in [-0.39, 0.29) is 0 Å². The predicted octanol–water partition coefficient (Wildman–Crippen LogP) is 5.07. The van der Waals surface area contributed by atoms with Crippen LogP contribution < -0.4 is 0 Å². The molecule has 3 aliphatic rings. The van der Waals surface area contributed by atoms with Crippen molar-refractivity contribution in [1.29, 1.82) is 0 Å².